The van der Waals surface area contributed by atoms with Crippen molar-refractivity contribution in [3.8, 4) is 0 Å². The van der Waals surface area contributed by atoms with E-state index < -0.39 is 5.97 Å². The summed E-state index contributed by atoms with van der Waals surface area (Å²) in [4.78, 5) is 27.0. The van der Waals surface area contributed by atoms with Gasteiger partial charge in [0.2, 0.25) is 5.91 Å². The Kier molecular flexibility index (Phi) is 5.02. The number of amides is 1. The molecule has 0 spiro atoms. The van der Waals surface area contributed by atoms with Gasteiger partial charge in [-0.15, -0.1) is 11.3 Å². The summed E-state index contributed by atoms with van der Waals surface area (Å²) in [5.74, 6) is -0.356. The molecular weight excluding hydrogens is 314 g/mol. The van der Waals surface area contributed by atoms with E-state index in [4.69, 9.17) is 9.84 Å². The molecule has 3 rings (SSSR count). The molecule has 2 fully saturated rings. The molecule has 1 aliphatic carbocycles. The number of carboxylic acids is 1. The predicted molar refractivity (Wildman–Crippen MR) is 87.7 cm³/mol. The molecule has 2 aliphatic rings. The van der Waals surface area contributed by atoms with Crippen LogP contribution in [0.5, 0.6) is 0 Å². The van der Waals surface area contributed by atoms with Gasteiger partial charge in [0.1, 0.15) is 0 Å². The Morgan fingerprint density at radius 2 is 2.13 bits per heavy atom. The minimum Gasteiger partial charge on any atom is -0.481 e. The third-order valence-electron chi connectivity index (χ3n) is 4.83. The molecule has 23 heavy (non-hydrogen) atoms. The van der Waals surface area contributed by atoms with Gasteiger partial charge in [-0.3, -0.25) is 9.59 Å². The van der Waals surface area contributed by atoms with Crippen molar-refractivity contribution >= 4 is 23.2 Å². The third kappa shape index (κ3) is 3.75. The third-order valence-corrected chi connectivity index (χ3v) is 5.98. The molecule has 2 atom stereocenters. The second-order valence-electron chi connectivity index (χ2n) is 6.44. The van der Waals surface area contributed by atoms with Crippen molar-refractivity contribution in [3.63, 3.8) is 0 Å². The monoisotopic (exact) mass is 337 g/mol. The fourth-order valence-corrected chi connectivity index (χ4v) is 4.53. The van der Waals surface area contributed by atoms with Gasteiger partial charge >= 0.3 is 5.97 Å². The standard InChI is InChI=1S/C17H23NO4S/c1-11-5-9-23-16(11)13-10-14(13)17(21)18(6-2-15(19)20)12-3-7-22-8-4-12/h5,9,12-14H,2-4,6-8,10H2,1H3,(H,19,20)/t13-,14+/m1/s1. The minimum atomic E-state index is -0.851. The largest absolute Gasteiger partial charge is 0.481 e. The molecule has 1 aliphatic heterocycles. The molecule has 0 radical (unpaired) electrons. The van der Waals surface area contributed by atoms with Crippen LogP contribution in [0.25, 0.3) is 0 Å². The van der Waals surface area contributed by atoms with E-state index >= 15 is 0 Å². The number of ether oxygens (including phenoxy) is 1. The SMILES string of the molecule is Cc1ccsc1[C@@H]1C[C@@H]1C(=O)N(CCC(=O)O)C1CCOCC1. The highest BCUT2D eigenvalue weighted by atomic mass is 32.1. The number of hydrogen-bond acceptors (Lipinski definition) is 4. The Morgan fingerprint density at radius 3 is 2.74 bits per heavy atom. The Labute approximate surface area is 140 Å². The van der Waals surface area contributed by atoms with Crippen molar-refractivity contribution < 1.29 is 19.4 Å². The van der Waals surface area contributed by atoms with Crippen LogP contribution in [0.4, 0.5) is 0 Å². The number of thiophene rings is 1. The first-order valence-electron chi connectivity index (χ1n) is 8.22. The van der Waals surface area contributed by atoms with Crippen LogP contribution in [0.2, 0.25) is 0 Å². The molecule has 2 heterocycles. The average molecular weight is 337 g/mol. The fourth-order valence-electron chi connectivity index (χ4n) is 3.42. The zero-order valence-corrected chi connectivity index (χ0v) is 14.2. The molecule has 1 N–H and O–H groups in total. The molecule has 0 aromatic carbocycles. The second-order valence-corrected chi connectivity index (χ2v) is 7.38. The fraction of sp³-hybridized carbons (Fsp3) is 0.647. The van der Waals surface area contributed by atoms with Crippen LogP contribution in [-0.4, -0.2) is 47.7 Å². The molecule has 126 valence electrons. The number of rotatable bonds is 6. The lowest BCUT2D eigenvalue weighted by atomic mass is 10.1. The van der Waals surface area contributed by atoms with Gasteiger partial charge < -0.3 is 14.7 Å². The predicted octanol–water partition coefficient (Wildman–Crippen LogP) is 2.64. The Bertz CT molecular complexity index is 579. The van der Waals surface area contributed by atoms with Gasteiger partial charge in [-0.1, -0.05) is 0 Å². The van der Waals surface area contributed by atoms with Crippen LogP contribution in [0.15, 0.2) is 11.4 Å². The maximum Gasteiger partial charge on any atom is 0.305 e. The maximum absolute atomic E-state index is 12.9. The Balaban J connectivity index is 1.67. The lowest BCUT2D eigenvalue weighted by Crippen LogP contribution is -2.45. The van der Waals surface area contributed by atoms with E-state index in [-0.39, 0.29) is 24.3 Å². The number of nitrogens with zero attached hydrogens (tertiary/aromatic N) is 1. The van der Waals surface area contributed by atoms with Gasteiger partial charge in [-0.2, -0.15) is 0 Å². The normalized spacial score (nSPS) is 24.4. The topological polar surface area (TPSA) is 66.8 Å². The van der Waals surface area contributed by atoms with Gasteiger partial charge in [0.15, 0.2) is 0 Å². The maximum atomic E-state index is 12.9. The van der Waals surface area contributed by atoms with Crippen LogP contribution in [0.1, 0.15) is 42.0 Å². The number of aliphatic carboxylic acids is 1. The summed E-state index contributed by atoms with van der Waals surface area (Å²) in [6, 6.07) is 2.22. The Morgan fingerprint density at radius 1 is 1.39 bits per heavy atom. The lowest BCUT2D eigenvalue weighted by molar-refractivity contribution is -0.141. The van der Waals surface area contributed by atoms with Crippen molar-refractivity contribution in [3.05, 3.63) is 21.9 Å². The number of aryl methyl sites for hydroxylation is 1. The highest BCUT2D eigenvalue weighted by Crippen LogP contribution is 2.51. The van der Waals surface area contributed by atoms with Crippen molar-refractivity contribution in [1.29, 1.82) is 0 Å². The van der Waals surface area contributed by atoms with Gasteiger partial charge in [0.25, 0.3) is 0 Å². The number of carboxylic acid groups (broad SMARTS) is 1. The molecule has 0 unspecified atom stereocenters. The minimum absolute atomic E-state index is 0.0124. The van der Waals surface area contributed by atoms with Crippen LogP contribution in [0.3, 0.4) is 0 Å². The quantitative estimate of drug-likeness (QED) is 0.866. The Hall–Kier alpha value is -1.40. The van der Waals surface area contributed by atoms with E-state index in [1.165, 1.54) is 10.4 Å². The first kappa shape index (κ1) is 16.5. The highest BCUT2D eigenvalue weighted by Gasteiger charge is 2.48. The summed E-state index contributed by atoms with van der Waals surface area (Å²) < 4.78 is 5.37. The van der Waals surface area contributed by atoms with E-state index in [2.05, 4.69) is 18.4 Å². The molecule has 1 amide bonds. The summed E-state index contributed by atoms with van der Waals surface area (Å²) in [7, 11) is 0. The van der Waals surface area contributed by atoms with Crippen LogP contribution < -0.4 is 0 Å². The van der Waals surface area contributed by atoms with Crippen LogP contribution >= 0.6 is 11.3 Å². The summed E-state index contributed by atoms with van der Waals surface area (Å²) in [5.41, 5.74) is 1.26. The summed E-state index contributed by atoms with van der Waals surface area (Å²) >= 11 is 1.72. The molecule has 1 aromatic rings. The highest BCUT2D eigenvalue weighted by molar-refractivity contribution is 7.10. The van der Waals surface area contributed by atoms with Crippen molar-refractivity contribution in [2.24, 2.45) is 5.92 Å². The van der Waals surface area contributed by atoms with E-state index in [9.17, 15) is 9.59 Å². The van der Waals surface area contributed by atoms with Gasteiger partial charge in [0.05, 0.1) is 6.42 Å². The molecule has 5 nitrogen and oxygen atoms in total. The second kappa shape index (κ2) is 7.01. The van der Waals surface area contributed by atoms with Gasteiger partial charge in [-0.05, 0) is 43.2 Å². The van der Waals surface area contributed by atoms with Gasteiger partial charge in [0, 0.05) is 42.5 Å². The number of carbonyl (C=O) groups excluding carboxylic acids is 1. The molecule has 1 aromatic heterocycles. The molecule has 1 saturated carbocycles. The first-order valence-corrected chi connectivity index (χ1v) is 9.10. The van der Waals surface area contributed by atoms with Crippen molar-refractivity contribution in [2.45, 2.75) is 44.6 Å². The van der Waals surface area contributed by atoms with E-state index in [0.29, 0.717) is 25.7 Å². The number of hydrogen-bond donors (Lipinski definition) is 1. The molecule has 1 saturated heterocycles. The number of carbonyl (C=O) groups is 2. The smallest absolute Gasteiger partial charge is 0.305 e. The van der Waals surface area contributed by atoms with E-state index in [1.54, 1.807) is 11.3 Å². The summed E-state index contributed by atoms with van der Waals surface area (Å²) in [6.45, 7) is 3.71. The summed E-state index contributed by atoms with van der Waals surface area (Å²) in [6.07, 6.45) is 2.52. The average Bonchev–Trinajstić information content (AvgIpc) is 3.22. The van der Waals surface area contributed by atoms with Gasteiger partial charge in [-0.25, -0.2) is 0 Å². The first-order chi connectivity index (χ1) is 11.1. The lowest BCUT2D eigenvalue weighted by Gasteiger charge is -2.34. The van der Waals surface area contributed by atoms with E-state index in [0.717, 1.165) is 19.3 Å². The summed E-state index contributed by atoms with van der Waals surface area (Å²) in [5, 5.41) is 11.0. The van der Waals surface area contributed by atoms with E-state index in [1.807, 2.05) is 4.90 Å². The zero-order chi connectivity index (χ0) is 16.4. The van der Waals surface area contributed by atoms with Crippen molar-refractivity contribution in [2.75, 3.05) is 19.8 Å². The van der Waals surface area contributed by atoms with Crippen LogP contribution in [-0.2, 0) is 14.3 Å². The molecular formula is C17H23NO4S. The molecule has 0 bridgehead atoms. The zero-order valence-electron chi connectivity index (χ0n) is 13.4. The van der Waals surface area contributed by atoms with Crippen molar-refractivity contribution in [1.82, 2.24) is 4.90 Å². The van der Waals surface area contributed by atoms with Crippen LogP contribution in [0, 0.1) is 12.8 Å². The molecule has 6 heteroatoms.